The Labute approximate surface area is 83.7 Å². The van der Waals surface area contributed by atoms with Crippen molar-refractivity contribution < 1.29 is 0 Å². The van der Waals surface area contributed by atoms with Crippen LogP contribution in [-0.2, 0) is 0 Å². The highest BCUT2D eigenvalue weighted by Crippen LogP contribution is 2.38. The third kappa shape index (κ3) is 3.15. The molecule has 13 heavy (non-hydrogen) atoms. The Morgan fingerprint density at radius 1 is 1.31 bits per heavy atom. The Morgan fingerprint density at radius 2 is 1.92 bits per heavy atom. The van der Waals surface area contributed by atoms with Gasteiger partial charge < -0.3 is 0 Å². The van der Waals surface area contributed by atoms with E-state index in [1.807, 2.05) is 0 Å². The quantitative estimate of drug-likeness (QED) is 0.577. The molecule has 0 fully saturated rings. The highest BCUT2D eigenvalue weighted by molar-refractivity contribution is 6.76. The van der Waals surface area contributed by atoms with Crippen LogP contribution in [0.5, 0.6) is 0 Å². The van der Waals surface area contributed by atoms with Crippen LogP contribution in [0.15, 0.2) is 23.8 Å². The first-order valence-corrected chi connectivity index (χ1v) is 8.88. The number of rotatable bonds is 2. The highest BCUT2D eigenvalue weighted by atomic mass is 28.3. The summed E-state index contributed by atoms with van der Waals surface area (Å²) in [6.07, 6.45) is 8.06. The summed E-state index contributed by atoms with van der Waals surface area (Å²) in [5.74, 6) is 0. The number of hydrogen-bond donors (Lipinski definition) is 0. The van der Waals surface area contributed by atoms with Crippen molar-refractivity contribution in [2.45, 2.75) is 46.0 Å². The van der Waals surface area contributed by atoms with E-state index in [0.29, 0.717) is 5.41 Å². The standard InChI is InChI=1S/C12H22Si/c1-12(2)9-7-6-8-11(12)10-13(3,4)5/h6-8H,9-10H2,1-5H3. The van der Waals surface area contributed by atoms with Crippen molar-refractivity contribution in [3.8, 4) is 0 Å². The normalized spacial score (nSPS) is 21.5. The lowest BCUT2D eigenvalue weighted by Crippen LogP contribution is -2.26. The summed E-state index contributed by atoms with van der Waals surface area (Å²) in [4.78, 5) is 0. The fraction of sp³-hybridized carbons (Fsp3) is 0.667. The minimum Gasteiger partial charge on any atom is -0.0837 e. The van der Waals surface area contributed by atoms with Gasteiger partial charge in [0.25, 0.3) is 0 Å². The van der Waals surface area contributed by atoms with Gasteiger partial charge in [0.2, 0.25) is 0 Å². The summed E-state index contributed by atoms with van der Waals surface area (Å²) in [5.41, 5.74) is 2.07. The van der Waals surface area contributed by atoms with E-state index < -0.39 is 8.07 Å². The van der Waals surface area contributed by atoms with Gasteiger partial charge >= 0.3 is 0 Å². The van der Waals surface area contributed by atoms with Crippen LogP contribution in [0.3, 0.4) is 0 Å². The molecule has 1 aliphatic carbocycles. The van der Waals surface area contributed by atoms with Gasteiger partial charge in [-0.3, -0.25) is 0 Å². The maximum Gasteiger partial charge on any atom is 0.0483 e. The molecule has 0 heterocycles. The Hall–Kier alpha value is -0.303. The lowest BCUT2D eigenvalue weighted by atomic mass is 9.79. The molecule has 0 bridgehead atoms. The molecule has 1 aliphatic rings. The molecule has 0 aromatic heterocycles. The number of allylic oxidation sites excluding steroid dienone is 4. The molecule has 0 N–H and O–H groups in total. The van der Waals surface area contributed by atoms with E-state index in [9.17, 15) is 0 Å². The third-order valence-electron chi connectivity index (χ3n) is 2.65. The maximum atomic E-state index is 2.45. The summed E-state index contributed by atoms with van der Waals surface area (Å²) in [6.45, 7) is 12.1. The van der Waals surface area contributed by atoms with Crippen molar-refractivity contribution in [1.29, 1.82) is 0 Å². The van der Waals surface area contributed by atoms with Crippen LogP contribution in [0.25, 0.3) is 0 Å². The van der Waals surface area contributed by atoms with Gasteiger partial charge in [-0.25, -0.2) is 0 Å². The van der Waals surface area contributed by atoms with E-state index >= 15 is 0 Å². The molecule has 0 aliphatic heterocycles. The van der Waals surface area contributed by atoms with Gasteiger partial charge in [-0.15, -0.1) is 0 Å². The Balaban J connectivity index is 2.78. The van der Waals surface area contributed by atoms with Crippen molar-refractivity contribution in [3.63, 3.8) is 0 Å². The SMILES string of the molecule is CC1(C)CC=CC=C1C[Si](C)(C)C. The van der Waals surface area contributed by atoms with Gasteiger partial charge in [-0.05, 0) is 17.9 Å². The molecule has 0 aromatic rings. The van der Waals surface area contributed by atoms with Crippen molar-refractivity contribution >= 4 is 8.07 Å². The summed E-state index contributed by atoms with van der Waals surface area (Å²) < 4.78 is 0. The van der Waals surface area contributed by atoms with Crippen molar-refractivity contribution in [3.05, 3.63) is 23.8 Å². The second kappa shape index (κ2) is 3.45. The van der Waals surface area contributed by atoms with Gasteiger partial charge in [-0.1, -0.05) is 57.3 Å². The second-order valence-electron chi connectivity index (χ2n) is 5.95. The Kier molecular flexibility index (Phi) is 2.86. The van der Waals surface area contributed by atoms with E-state index in [0.717, 1.165) is 0 Å². The summed E-state index contributed by atoms with van der Waals surface area (Å²) >= 11 is 0. The summed E-state index contributed by atoms with van der Waals surface area (Å²) in [6, 6.07) is 1.35. The predicted molar refractivity (Wildman–Crippen MR) is 63.8 cm³/mol. The third-order valence-corrected chi connectivity index (χ3v) is 4.09. The monoisotopic (exact) mass is 194 g/mol. The smallest absolute Gasteiger partial charge is 0.0483 e. The topological polar surface area (TPSA) is 0 Å². The van der Waals surface area contributed by atoms with E-state index in [2.05, 4.69) is 51.7 Å². The molecule has 0 aromatic carbocycles. The van der Waals surface area contributed by atoms with Gasteiger partial charge in [0.15, 0.2) is 0 Å². The zero-order valence-electron chi connectivity index (χ0n) is 9.65. The molecule has 0 nitrogen and oxygen atoms in total. The molecule has 74 valence electrons. The van der Waals surface area contributed by atoms with Gasteiger partial charge in [0, 0.05) is 8.07 Å². The maximum absolute atomic E-state index is 2.45. The van der Waals surface area contributed by atoms with Gasteiger partial charge in [-0.2, -0.15) is 0 Å². The van der Waals surface area contributed by atoms with Gasteiger partial charge in [0.05, 0.1) is 0 Å². The molecule has 0 unspecified atom stereocenters. The Morgan fingerprint density at radius 3 is 2.38 bits per heavy atom. The van der Waals surface area contributed by atoms with Crippen molar-refractivity contribution in [2.24, 2.45) is 5.41 Å². The molecule has 0 radical (unpaired) electrons. The first kappa shape index (κ1) is 10.8. The molecule has 0 spiro atoms. The fourth-order valence-corrected chi connectivity index (χ4v) is 3.51. The van der Waals surface area contributed by atoms with Gasteiger partial charge in [0.1, 0.15) is 0 Å². The summed E-state index contributed by atoms with van der Waals surface area (Å²) in [5, 5.41) is 0. The molecular weight excluding hydrogens is 172 g/mol. The fourth-order valence-electron chi connectivity index (χ4n) is 1.77. The van der Waals surface area contributed by atoms with Crippen LogP contribution in [0.4, 0.5) is 0 Å². The second-order valence-corrected chi connectivity index (χ2v) is 11.4. The minimum absolute atomic E-state index is 0.412. The summed E-state index contributed by atoms with van der Waals surface area (Å²) in [7, 11) is -0.936. The van der Waals surface area contributed by atoms with Crippen molar-refractivity contribution in [2.75, 3.05) is 0 Å². The minimum atomic E-state index is -0.936. The molecule has 1 heteroatoms. The van der Waals surface area contributed by atoms with Crippen molar-refractivity contribution in [1.82, 2.24) is 0 Å². The zero-order valence-corrected chi connectivity index (χ0v) is 10.6. The van der Waals surface area contributed by atoms with E-state index in [-0.39, 0.29) is 0 Å². The average molecular weight is 194 g/mol. The molecule has 0 amide bonds. The lowest BCUT2D eigenvalue weighted by Gasteiger charge is -2.32. The highest BCUT2D eigenvalue weighted by Gasteiger charge is 2.27. The van der Waals surface area contributed by atoms with Crippen LogP contribution in [-0.4, -0.2) is 8.07 Å². The average Bonchev–Trinajstić information content (AvgIpc) is 1.91. The first-order valence-electron chi connectivity index (χ1n) is 5.17. The predicted octanol–water partition coefficient (Wildman–Crippen LogP) is 4.24. The van der Waals surface area contributed by atoms with E-state index in [4.69, 9.17) is 0 Å². The van der Waals surface area contributed by atoms with E-state index in [1.165, 1.54) is 12.5 Å². The molecular formula is C12H22Si. The lowest BCUT2D eigenvalue weighted by molar-refractivity contribution is 0.447. The zero-order chi connectivity index (χ0) is 10.1. The molecule has 1 rings (SSSR count). The van der Waals surface area contributed by atoms with Crippen LogP contribution < -0.4 is 0 Å². The van der Waals surface area contributed by atoms with Crippen LogP contribution >= 0.6 is 0 Å². The number of hydrogen-bond acceptors (Lipinski definition) is 0. The van der Waals surface area contributed by atoms with E-state index in [1.54, 1.807) is 5.57 Å². The van der Waals surface area contributed by atoms with Crippen LogP contribution in [0.2, 0.25) is 25.7 Å². The molecule has 0 atom stereocenters. The Bertz CT molecular complexity index is 238. The largest absolute Gasteiger partial charge is 0.0837 e. The van der Waals surface area contributed by atoms with Crippen LogP contribution in [0.1, 0.15) is 20.3 Å². The van der Waals surface area contributed by atoms with Crippen LogP contribution in [0, 0.1) is 5.41 Å². The molecule has 0 saturated heterocycles. The molecule has 0 saturated carbocycles. The first-order chi connectivity index (χ1) is 5.81.